The standard InChI is InChI=1S/C24H20N2O3/c27-22-21(16-18-10-4-1-5-11-18)23(28)26(20-14-8-3-9-15-20)24(29)25(22)17-19-12-6-2-7-13-19/h1-15,28H,16-17H2. The van der Waals surface area contributed by atoms with Crippen LogP contribution in [0.2, 0.25) is 0 Å². The summed E-state index contributed by atoms with van der Waals surface area (Å²) in [5.74, 6) is -0.320. The van der Waals surface area contributed by atoms with Crippen LogP contribution >= 0.6 is 0 Å². The Balaban J connectivity index is 1.94. The molecule has 0 bridgehead atoms. The maximum atomic E-state index is 13.2. The van der Waals surface area contributed by atoms with Crippen LogP contribution in [0.25, 0.3) is 5.69 Å². The number of para-hydroxylation sites is 1. The van der Waals surface area contributed by atoms with E-state index in [1.54, 1.807) is 24.3 Å². The molecule has 1 aromatic heterocycles. The Hall–Kier alpha value is -3.86. The van der Waals surface area contributed by atoms with Crippen LogP contribution in [0.1, 0.15) is 16.7 Å². The molecule has 29 heavy (non-hydrogen) atoms. The minimum absolute atomic E-state index is 0.132. The third kappa shape index (κ3) is 3.75. The average Bonchev–Trinajstić information content (AvgIpc) is 2.77. The van der Waals surface area contributed by atoms with Gasteiger partial charge in [0.05, 0.1) is 17.8 Å². The third-order valence-electron chi connectivity index (χ3n) is 4.83. The molecular weight excluding hydrogens is 364 g/mol. The number of nitrogens with zero attached hydrogens (tertiary/aromatic N) is 2. The minimum Gasteiger partial charge on any atom is -0.494 e. The summed E-state index contributed by atoms with van der Waals surface area (Å²) in [5, 5.41) is 10.9. The molecule has 144 valence electrons. The largest absolute Gasteiger partial charge is 0.494 e. The summed E-state index contributed by atoms with van der Waals surface area (Å²) >= 11 is 0. The molecule has 0 aliphatic carbocycles. The van der Waals surface area contributed by atoms with Crippen molar-refractivity contribution in [3.8, 4) is 11.6 Å². The van der Waals surface area contributed by atoms with Crippen LogP contribution in [-0.2, 0) is 13.0 Å². The van der Waals surface area contributed by atoms with Crippen molar-refractivity contribution in [1.82, 2.24) is 9.13 Å². The Morgan fingerprint density at radius 3 is 1.79 bits per heavy atom. The molecule has 4 aromatic rings. The van der Waals surface area contributed by atoms with Gasteiger partial charge in [0.25, 0.3) is 5.56 Å². The Bertz CT molecular complexity index is 1230. The number of aromatic hydroxyl groups is 1. The van der Waals surface area contributed by atoms with E-state index in [1.807, 2.05) is 66.7 Å². The van der Waals surface area contributed by atoms with Crippen LogP contribution in [0.15, 0.2) is 101 Å². The zero-order chi connectivity index (χ0) is 20.2. The first-order chi connectivity index (χ1) is 14.1. The molecule has 3 aromatic carbocycles. The van der Waals surface area contributed by atoms with Gasteiger partial charge in [-0.15, -0.1) is 0 Å². The summed E-state index contributed by atoms with van der Waals surface area (Å²) in [6.45, 7) is 0.132. The van der Waals surface area contributed by atoms with Gasteiger partial charge in [-0.05, 0) is 23.3 Å². The van der Waals surface area contributed by atoms with E-state index in [0.29, 0.717) is 5.69 Å². The lowest BCUT2D eigenvalue weighted by atomic mass is 10.1. The van der Waals surface area contributed by atoms with Gasteiger partial charge < -0.3 is 5.11 Å². The Morgan fingerprint density at radius 1 is 0.690 bits per heavy atom. The Labute approximate surface area is 167 Å². The van der Waals surface area contributed by atoms with Gasteiger partial charge in [-0.25, -0.2) is 9.36 Å². The first-order valence-corrected chi connectivity index (χ1v) is 9.36. The van der Waals surface area contributed by atoms with Crippen molar-refractivity contribution in [3.05, 3.63) is 129 Å². The van der Waals surface area contributed by atoms with Gasteiger partial charge in [0.15, 0.2) is 0 Å². The van der Waals surface area contributed by atoms with Gasteiger partial charge >= 0.3 is 5.69 Å². The fourth-order valence-corrected chi connectivity index (χ4v) is 3.36. The fraction of sp³-hybridized carbons (Fsp3) is 0.0833. The van der Waals surface area contributed by atoms with Gasteiger partial charge in [-0.3, -0.25) is 9.36 Å². The zero-order valence-corrected chi connectivity index (χ0v) is 15.7. The van der Waals surface area contributed by atoms with Gasteiger partial charge in [0.1, 0.15) is 0 Å². The highest BCUT2D eigenvalue weighted by atomic mass is 16.3. The topological polar surface area (TPSA) is 64.2 Å². The van der Waals surface area contributed by atoms with Gasteiger partial charge in [0, 0.05) is 6.42 Å². The maximum absolute atomic E-state index is 13.2. The van der Waals surface area contributed by atoms with Gasteiger partial charge in [0.2, 0.25) is 5.88 Å². The summed E-state index contributed by atoms with van der Waals surface area (Å²) in [6, 6.07) is 27.6. The second kappa shape index (κ2) is 8.02. The third-order valence-corrected chi connectivity index (χ3v) is 4.83. The molecule has 0 amide bonds. The van der Waals surface area contributed by atoms with E-state index in [2.05, 4.69) is 0 Å². The van der Waals surface area contributed by atoms with Crippen molar-refractivity contribution in [1.29, 1.82) is 0 Å². The lowest BCUT2D eigenvalue weighted by Crippen LogP contribution is -2.41. The van der Waals surface area contributed by atoms with Crippen molar-refractivity contribution in [3.63, 3.8) is 0 Å². The van der Waals surface area contributed by atoms with Crippen molar-refractivity contribution in [2.24, 2.45) is 0 Å². The normalized spacial score (nSPS) is 10.8. The summed E-state index contributed by atoms with van der Waals surface area (Å²) in [5.41, 5.74) is 1.36. The van der Waals surface area contributed by atoms with E-state index in [-0.39, 0.29) is 24.4 Å². The molecule has 5 nitrogen and oxygen atoms in total. The van der Waals surface area contributed by atoms with E-state index in [4.69, 9.17) is 0 Å². The SMILES string of the molecule is O=c1c(Cc2ccccc2)c(O)n(-c2ccccc2)c(=O)n1Cc1ccccc1. The van der Waals surface area contributed by atoms with Crippen molar-refractivity contribution in [2.75, 3.05) is 0 Å². The van der Waals surface area contributed by atoms with E-state index in [1.165, 1.54) is 9.13 Å². The van der Waals surface area contributed by atoms with Crippen LogP contribution in [-0.4, -0.2) is 14.2 Å². The predicted octanol–water partition coefficient (Wildman–Crippen LogP) is 3.34. The zero-order valence-electron chi connectivity index (χ0n) is 15.7. The van der Waals surface area contributed by atoms with E-state index in [0.717, 1.165) is 11.1 Å². The molecule has 5 heteroatoms. The maximum Gasteiger partial charge on any atom is 0.338 e. The molecule has 0 fully saturated rings. The number of aromatic nitrogens is 2. The molecule has 0 aliphatic rings. The smallest absolute Gasteiger partial charge is 0.338 e. The molecule has 0 unspecified atom stereocenters. The van der Waals surface area contributed by atoms with Crippen molar-refractivity contribution < 1.29 is 5.11 Å². The quantitative estimate of drug-likeness (QED) is 0.574. The van der Waals surface area contributed by atoms with E-state index in [9.17, 15) is 14.7 Å². The number of hydrogen-bond donors (Lipinski definition) is 1. The van der Waals surface area contributed by atoms with Crippen molar-refractivity contribution >= 4 is 0 Å². The van der Waals surface area contributed by atoms with Crippen LogP contribution in [0.5, 0.6) is 5.88 Å². The molecule has 0 aliphatic heterocycles. The Kier molecular flexibility index (Phi) is 5.12. The summed E-state index contributed by atoms with van der Waals surface area (Å²) < 4.78 is 2.38. The van der Waals surface area contributed by atoms with Crippen LogP contribution in [0, 0.1) is 0 Å². The summed E-state index contributed by atoms with van der Waals surface area (Å²) in [7, 11) is 0. The molecule has 4 rings (SSSR count). The molecule has 0 radical (unpaired) electrons. The van der Waals surface area contributed by atoms with E-state index >= 15 is 0 Å². The number of hydrogen-bond acceptors (Lipinski definition) is 3. The summed E-state index contributed by atoms with van der Waals surface area (Å²) in [4.78, 5) is 26.4. The van der Waals surface area contributed by atoms with Crippen LogP contribution < -0.4 is 11.2 Å². The van der Waals surface area contributed by atoms with Crippen LogP contribution in [0.4, 0.5) is 0 Å². The molecular formula is C24H20N2O3. The highest BCUT2D eigenvalue weighted by Crippen LogP contribution is 2.19. The predicted molar refractivity (Wildman–Crippen MR) is 113 cm³/mol. The van der Waals surface area contributed by atoms with Gasteiger partial charge in [-0.1, -0.05) is 78.9 Å². The van der Waals surface area contributed by atoms with E-state index < -0.39 is 11.2 Å². The lowest BCUT2D eigenvalue weighted by molar-refractivity contribution is 0.416. The second-order valence-corrected chi connectivity index (χ2v) is 6.79. The fourth-order valence-electron chi connectivity index (χ4n) is 3.36. The molecule has 0 spiro atoms. The number of benzene rings is 3. The molecule has 0 saturated carbocycles. The summed E-state index contributed by atoms with van der Waals surface area (Å²) in [6.07, 6.45) is 0.230. The molecule has 0 atom stereocenters. The van der Waals surface area contributed by atoms with Crippen molar-refractivity contribution in [2.45, 2.75) is 13.0 Å². The molecule has 0 saturated heterocycles. The lowest BCUT2D eigenvalue weighted by Gasteiger charge is -2.16. The highest BCUT2D eigenvalue weighted by molar-refractivity contribution is 5.40. The first-order valence-electron chi connectivity index (χ1n) is 9.36. The average molecular weight is 384 g/mol. The first kappa shape index (κ1) is 18.5. The minimum atomic E-state index is -0.570. The molecule has 1 heterocycles. The molecule has 1 N–H and O–H groups in total. The van der Waals surface area contributed by atoms with Gasteiger partial charge in [-0.2, -0.15) is 0 Å². The number of rotatable bonds is 5. The Morgan fingerprint density at radius 2 is 1.21 bits per heavy atom. The second-order valence-electron chi connectivity index (χ2n) is 6.79. The monoisotopic (exact) mass is 384 g/mol. The highest BCUT2D eigenvalue weighted by Gasteiger charge is 2.20. The van der Waals surface area contributed by atoms with Crippen LogP contribution in [0.3, 0.4) is 0 Å².